The van der Waals surface area contributed by atoms with Crippen LogP contribution in [0.15, 0.2) is 30.3 Å². The van der Waals surface area contributed by atoms with Crippen LogP contribution in [0.3, 0.4) is 0 Å². The molecule has 3 unspecified atom stereocenters. The van der Waals surface area contributed by atoms with Crippen LogP contribution >= 0.6 is 11.8 Å². The Labute approximate surface area is 164 Å². The fraction of sp³-hybridized carbons (Fsp3) is 0.650. The van der Waals surface area contributed by atoms with E-state index in [-0.39, 0.29) is 23.6 Å². The molecule has 0 radical (unpaired) electrons. The fourth-order valence-electron chi connectivity index (χ4n) is 3.37. The number of hydrogen-bond donors (Lipinski definition) is 0. The van der Waals surface area contributed by atoms with Gasteiger partial charge in [0.15, 0.2) is 11.9 Å². The van der Waals surface area contributed by atoms with E-state index in [1.807, 2.05) is 51.1 Å². The third kappa shape index (κ3) is 5.23. The number of carbonyl (C=O) groups is 1. The third-order valence-electron chi connectivity index (χ3n) is 4.52. The van der Waals surface area contributed by atoms with E-state index in [4.69, 9.17) is 23.7 Å². The topological polar surface area (TPSA) is 63.2 Å². The molecule has 0 bridgehead atoms. The van der Waals surface area contributed by atoms with Gasteiger partial charge >= 0.3 is 5.97 Å². The van der Waals surface area contributed by atoms with E-state index in [0.717, 1.165) is 11.3 Å². The molecular weight excluding hydrogens is 368 g/mol. The standard InChI is InChI=1S/C20H28O6S/c1-5-27-19-18(24-13(2)21)17(22-11-14-9-7-6-8-10-14)16-15(25-19)12-23-20(3,4)26-16/h6-10,15-19H,5,11-12H2,1-4H3/t15?,16-,17-,18?,19?/m0/s1. The first kappa shape index (κ1) is 20.6. The summed E-state index contributed by atoms with van der Waals surface area (Å²) in [5.41, 5.74) is 0.725. The van der Waals surface area contributed by atoms with Gasteiger partial charge in [-0.15, -0.1) is 11.8 Å². The van der Waals surface area contributed by atoms with Crippen LogP contribution in [0, 0.1) is 0 Å². The number of benzene rings is 1. The summed E-state index contributed by atoms with van der Waals surface area (Å²) in [6.07, 6.45) is -1.64. The Morgan fingerprint density at radius 1 is 1.26 bits per heavy atom. The lowest BCUT2D eigenvalue weighted by molar-refractivity contribution is -0.355. The Morgan fingerprint density at radius 3 is 2.67 bits per heavy atom. The van der Waals surface area contributed by atoms with Crippen molar-refractivity contribution in [2.24, 2.45) is 0 Å². The number of ether oxygens (including phenoxy) is 5. The number of fused-ring (bicyclic) bond motifs is 1. The largest absolute Gasteiger partial charge is 0.456 e. The highest BCUT2D eigenvalue weighted by molar-refractivity contribution is 7.99. The molecule has 6 nitrogen and oxygen atoms in total. The molecular formula is C20H28O6S. The Hall–Kier alpha value is -1.12. The van der Waals surface area contributed by atoms with Gasteiger partial charge in [0, 0.05) is 6.92 Å². The van der Waals surface area contributed by atoms with Crippen LogP contribution in [-0.2, 0) is 35.1 Å². The van der Waals surface area contributed by atoms with Crippen LogP contribution < -0.4 is 0 Å². The van der Waals surface area contributed by atoms with Gasteiger partial charge in [0.1, 0.15) is 23.7 Å². The molecule has 2 aliphatic heterocycles. The smallest absolute Gasteiger partial charge is 0.303 e. The van der Waals surface area contributed by atoms with Crippen molar-refractivity contribution in [3.8, 4) is 0 Å². The molecule has 0 aromatic heterocycles. The zero-order valence-electron chi connectivity index (χ0n) is 16.3. The molecule has 27 heavy (non-hydrogen) atoms. The quantitative estimate of drug-likeness (QED) is 0.685. The zero-order chi connectivity index (χ0) is 19.4. The molecule has 2 saturated heterocycles. The highest BCUT2D eigenvalue weighted by Gasteiger charge is 2.53. The first-order valence-corrected chi connectivity index (χ1v) is 10.4. The van der Waals surface area contributed by atoms with Crippen LogP contribution in [0.2, 0.25) is 0 Å². The molecule has 0 amide bonds. The lowest BCUT2D eigenvalue weighted by atomic mass is 9.97. The number of thioether (sulfide) groups is 1. The fourth-order valence-corrected chi connectivity index (χ4v) is 4.32. The summed E-state index contributed by atoms with van der Waals surface area (Å²) in [6.45, 7) is 8.00. The van der Waals surface area contributed by atoms with E-state index >= 15 is 0 Å². The molecule has 7 heteroatoms. The summed E-state index contributed by atoms with van der Waals surface area (Å²) in [4.78, 5) is 11.8. The van der Waals surface area contributed by atoms with Crippen molar-refractivity contribution in [3.05, 3.63) is 35.9 Å². The summed E-state index contributed by atoms with van der Waals surface area (Å²) in [6, 6.07) is 9.92. The summed E-state index contributed by atoms with van der Waals surface area (Å²) in [5, 5.41) is 0. The van der Waals surface area contributed by atoms with Gasteiger partial charge in [0.25, 0.3) is 0 Å². The van der Waals surface area contributed by atoms with E-state index in [0.29, 0.717) is 13.2 Å². The number of rotatable bonds is 6. The third-order valence-corrected chi connectivity index (χ3v) is 5.57. The maximum Gasteiger partial charge on any atom is 0.303 e. The van der Waals surface area contributed by atoms with Crippen molar-refractivity contribution in [3.63, 3.8) is 0 Å². The summed E-state index contributed by atoms with van der Waals surface area (Å²) in [7, 11) is 0. The van der Waals surface area contributed by atoms with Gasteiger partial charge in [-0.2, -0.15) is 0 Å². The van der Waals surface area contributed by atoms with Crippen LogP contribution in [0.4, 0.5) is 0 Å². The first-order chi connectivity index (χ1) is 12.9. The second-order valence-corrected chi connectivity index (χ2v) is 8.50. The Balaban J connectivity index is 1.84. The molecule has 0 saturated carbocycles. The maximum absolute atomic E-state index is 11.8. The van der Waals surface area contributed by atoms with Gasteiger partial charge in [-0.3, -0.25) is 4.79 Å². The Kier molecular flexibility index (Phi) is 6.81. The predicted octanol–water partition coefficient (Wildman–Crippen LogP) is 3.13. The molecule has 2 heterocycles. The molecule has 0 spiro atoms. The minimum atomic E-state index is -0.746. The molecule has 0 N–H and O–H groups in total. The number of carbonyl (C=O) groups excluding carboxylic acids is 1. The van der Waals surface area contributed by atoms with Crippen molar-refractivity contribution in [1.29, 1.82) is 0 Å². The lowest BCUT2D eigenvalue weighted by Crippen LogP contribution is -2.65. The van der Waals surface area contributed by atoms with Gasteiger partial charge in [-0.25, -0.2) is 0 Å². The van der Waals surface area contributed by atoms with Gasteiger partial charge in [0.2, 0.25) is 0 Å². The molecule has 2 aliphatic rings. The normalized spacial score (nSPS) is 32.5. The van der Waals surface area contributed by atoms with E-state index in [9.17, 15) is 4.79 Å². The van der Waals surface area contributed by atoms with E-state index in [1.54, 1.807) is 11.8 Å². The highest BCUT2D eigenvalue weighted by atomic mass is 32.2. The summed E-state index contributed by atoms with van der Waals surface area (Å²) >= 11 is 1.59. The minimum Gasteiger partial charge on any atom is -0.456 e. The van der Waals surface area contributed by atoms with E-state index < -0.39 is 18.0 Å². The van der Waals surface area contributed by atoms with Crippen molar-refractivity contribution >= 4 is 17.7 Å². The average Bonchev–Trinajstić information content (AvgIpc) is 2.62. The van der Waals surface area contributed by atoms with Gasteiger partial charge in [0.05, 0.1) is 13.2 Å². The zero-order valence-corrected chi connectivity index (χ0v) is 17.1. The second-order valence-electron chi connectivity index (χ2n) is 7.13. The van der Waals surface area contributed by atoms with Crippen molar-refractivity contribution in [1.82, 2.24) is 0 Å². The number of hydrogen-bond acceptors (Lipinski definition) is 7. The molecule has 2 fully saturated rings. The maximum atomic E-state index is 11.8. The average molecular weight is 397 g/mol. The van der Waals surface area contributed by atoms with Crippen LogP contribution in [0.5, 0.6) is 0 Å². The number of esters is 1. The van der Waals surface area contributed by atoms with Crippen molar-refractivity contribution < 1.29 is 28.5 Å². The van der Waals surface area contributed by atoms with Crippen molar-refractivity contribution in [2.75, 3.05) is 12.4 Å². The highest BCUT2D eigenvalue weighted by Crippen LogP contribution is 2.38. The molecule has 3 rings (SSSR count). The second kappa shape index (κ2) is 8.92. The molecule has 150 valence electrons. The van der Waals surface area contributed by atoms with E-state index in [1.165, 1.54) is 6.92 Å². The molecule has 1 aromatic rings. The summed E-state index contributed by atoms with van der Waals surface area (Å²) < 4.78 is 30.0. The van der Waals surface area contributed by atoms with E-state index in [2.05, 4.69) is 0 Å². The Bertz CT molecular complexity index is 622. The van der Waals surface area contributed by atoms with Gasteiger partial charge in [-0.1, -0.05) is 37.3 Å². The molecule has 0 aliphatic carbocycles. The Morgan fingerprint density at radius 2 is 2.00 bits per heavy atom. The summed E-state index contributed by atoms with van der Waals surface area (Å²) in [5.74, 6) is -0.272. The van der Waals surface area contributed by atoms with Crippen LogP contribution in [0.25, 0.3) is 0 Å². The minimum absolute atomic E-state index is 0.269. The molecule has 1 aromatic carbocycles. The SMILES string of the molecule is CCSC1OC2COC(C)(C)O[C@@H]2[C@H](OCc2ccccc2)C1OC(C)=O. The first-order valence-electron chi connectivity index (χ1n) is 9.31. The van der Waals surface area contributed by atoms with Crippen molar-refractivity contribution in [2.45, 2.75) is 69.9 Å². The lowest BCUT2D eigenvalue weighted by Gasteiger charge is -2.50. The predicted molar refractivity (Wildman–Crippen MR) is 102 cm³/mol. The van der Waals surface area contributed by atoms with Gasteiger partial charge < -0.3 is 23.7 Å². The van der Waals surface area contributed by atoms with Gasteiger partial charge in [-0.05, 0) is 25.2 Å². The monoisotopic (exact) mass is 396 g/mol. The van der Waals surface area contributed by atoms with Crippen LogP contribution in [0.1, 0.15) is 33.3 Å². The molecule has 5 atom stereocenters. The van der Waals surface area contributed by atoms with Crippen LogP contribution in [-0.4, -0.2) is 54.0 Å².